The number of ether oxygens (including phenoxy) is 2. The molecule has 2 atom stereocenters. The normalized spacial score (nSPS) is 21.0. The first kappa shape index (κ1) is 26.1. The molecule has 202 valence electrons. The van der Waals surface area contributed by atoms with Crippen molar-refractivity contribution in [2.45, 2.75) is 51.0 Å². The molecular weight excluding hydrogens is 482 g/mol. The van der Waals surface area contributed by atoms with Crippen molar-refractivity contribution in [3.05, 3.63) is 59.3 Å². The zero-order valence-electron chi connectivity index (χ0n) is 22.5. The zero-order valence-corrected chi connectivity index (χ0v) is 22.5. The van der Waals surface area contributed by atoms with E-state index in [1.54, 1.807) is 16.9 Å². The van der Waals surface area contributed by atoms with Gasteiger partial charge in [-0.3, -0.25) is 9.59 Å². The first-order valence-corrected chi connectivity index (χ1v) is 13.6. The minimum atomic E-state index is -1.12. The number of hydrogen-bond acceptors (Lipinski definition) is 5. The highest BCUT2D eigenvalue weighted by Gasteiger charge is 2.56. The van der Waals surface area contributed by atoms with E-state index in [2.05, 4.69) is 18.0 Å². The molecule has 1 fully saturated rings. The van der Waals surface area contributed by atoms with E-state index < -0.39 is 5.54 Å². The van der Waals surface area contributed by atoms with Gasteiger partial charge < -0.3 is 29.4 Å². The third-order valence-electron chi connectivity index (χ3n) is 7.96. The molecule has 0 bridgehead atoms. The lowest BCUT2D eigenvalue weighted by Crippen LogP contribution is -2.67. The Balaban J connectivity index is 1.60. The van der Waals surface area contributed by atoms with Gasteiger partial charge in [-0.2, -0.15) is 0 Å². The summed E-state index contributed by atoms with van der Waals surface area (Å²) in [4.78, 5) is 34.6. The van der Waals surface area contributed by atoms with Crippen LogP contribution in [0.2, 0.25) is 0 Å². The number of fused-ring (bicyclic) bond motifs is 5. The van der Waals surface area contributed by atoms with Gasteiger partial charge in [0.25, 0.3) is 5.91 Å². The number of hydrogen-bond donors (Lipinski definition) is 2. The van der Waals surface area contributed by atoms with Crippen LogP contribution in [0.1, 0.15) is 62.3 Å². The Labute approximate surface area is 223 Å². The number of benzene rings is 2. The van der Waals surface area contributed by atoms with Crippen molar-refractivity contribution in [2.24, 2.45) is 0 Å². The van der Waals surface area contributed by atoms with Crippen LogP contribution in [0.15, 0.2) is 42.5 Å². The van der Waals surface area contributed by atoms with Crippen molar-refractivity contribution in [3.8, 4) is 11.5 Å². The van der Waals surface area contributed by atoms with E-state index in [0.29, 0.717) is 37.6 Å². The van der Waals surface area contributed by atoms with Gasteiger partial charge in [0, 0.05) is 36.5 Å². The summed E-state index contributed by atoms with van der Waals surface area (Å²) >= 11 is 0. The van der Waals surface area contributed by atoms with Gasteiger partial charge in [-0.25, -0.2) is 0 Å². The molecule has 8 heteroatoms. The van der Waals surface area contributed by atoms with Crippen LogP contribution >= 0.6 is 0 Å². The van der Waals surface area contributed by atoms with Gasteiger partial charge in [-0.15, -0.1) is 0 Å². The fourth-order valence-electron chi connectivity index (χ4n) is 5.98. The second kappa shape index (κ2) is 10.7. The number of carbonyl (C=O) groups excluding carboxylic acids is 2. The van der Waals surface area contributed by atoms with Crippen LogP contribution in [-0.4, -0.2) is 71.7 Å². The maximum absolute atomic E-state index is 14.0. The number of H-pyrrole nitrogens is 1. The molecule has 1 saturated heterocycles. The number of rotatable bonds is 10. The summed E-state index contributed by atoms with van der Waals surface area (Å²) in [6, 6.07) is 14.0. The maximum atomic E-state index is 14.0. The van der Waals surface area contributed by atoms with E-state index in [9.17, 15) is 9.59 Å². The minimum absolute atomic E-state index is 0.0570. The third-order valence-corrected chi connectivity index (χ3v) is 7.96. The molecule has 2 unspecified atom stereocenters. The SMILES string of the molecule is CCCOc1ccc(C2CN3C(=O)CN(CCCCCO)C(=O)C3(C)c3[nH]c4ccccc4c32)cc1OC. The number of aliphatic hydroxyl groups excluding tert-OH is 1. The molecule has 3 heterocycles. The Hall–Kier alpha value is -3.52. The lowest BCUT2D eigenvalue weighted by Gasteiger charge is -2.51. The smallest absolute Gasteiger partial charge is 0.254 e. The number of amides is 2. The predicted octanol–water partition coefficient (Wildman–Crippen LogP) is 4.16. The average molecular weight is 520 g/mol. The van der Waals surface area contributed by atoms with E-state index >= 15 is 0 Å². The van der Waals surface area contributed by atoms with Gasteiger partial charge in [0.15, 0.2) is 17.0 Å². The van der Waals surface area contributed by atoms with Crippen LogP contribution in [0.5, 0.6) is 11.5 Å². The van der Waals surface area contributed by atoms with Crippen LogP contribution in [0.4, 0.5) is 0 Å². The molecule has 2 aliphatic rings. The summed E-state index contributed by atoms with van der Waals surface area (Å²) in [6.07, 6.45) is 3.16. The molecular formula is C30H37N3O5. The minimum Gasteiger partial charge on any atom is -0.493 e. The fraction of sp³-hybridized carbons (Fsp3) is 0.467. The van der Waals surface area contributed by atoms with E-state index in [1.165, 1.54) is 0 Å². The molecule has 2 aliphatic heterocycles. The maximum Gasteiger partial charge on any atom is 0.254 e. The molecule has 2 N–H and O–H groups in total. The van der Waals surface area contributed by atoms with Gasteiger partial charge in [-0.1, -0.05) is 31.2 Å². The summed E-state index contributed by atoms with van der Waals surface area (Å²) in [5.74, 6) is 1.09. The van der Waals surface area contributed by atoms with Crippen LogP contribution in [0, 0.1) is 0 Å². The molecule has 3 aromatic rings. The number of aromatic amines is 1. The summed E-state index contributed by atoms with van der Waals surface area (Å²) < 4.78 is 11.6. The number of nitrogens with zero attached hydrogens (tertiary/aromatic N) is 2. The number of piperazine rings is 1. The lowest BCUT2D eigenvalue weighted by molar-refractivity contribution is -0.166. The van der Waals surface area contributed by atoms with Crippen molar-refractivity contribution < 1.29 is 24.2 Å². The molecule has 8 nitrogen and oxygen atoms in total. The second-order valence-corrected chi connectivity index (χ2v) is 10.4. The van der Waals surface area contributed by atoms with Crippen LogP contribution in [0.25, 0.3) is 10.9 Å². The van der Waals surface area contributed by atoms with Crippen molar-refractivity contribution in [1.82, 2.24) is 14.8 Å². The highest BCUT2D eigenvalue weighted by molar-refractivity contribution is 6.01. The monoisotopic (exact) mass is 519 g/mol. The quantitative estimate of drug-likeness (QED) is 0.392. The Bertz CT molecular complexity index is 1330. The van der Waals surface area contributed by atoms with Crippen LogP contribution < -0.4 is 9.47 Å². The van der Waals surface area contributed by atoms with Crippen LogP contribution in [0.3, 0.4) is 0 Å². The Morgan fingerprint density at radius 3 is 2.68 bits per heavy atom. The number of aromatic nitrogens is 1. The average Bonchev–Trinajstić information content (AvgIpc) is 3.33. The fourth-order valence-corrected chi connectivity index (χ4v) is 5.98. The summed E-state index contributed by atoms with van der Waals surface area (Å²) in [7, 11) is 1.63. The number of carbonyl (C=O) groups is 2. The summed E-state index contributed by atoms with van der Waals surface area (Å²) in [6.45, 7) is 5.64. The van der Waals surface area contributed by atoms with Gasteiger partial charge in [0.2, 0.25) is 5.91 Å². The Morgan fingerprint density at radius 2 is 1.92 bits per heavy atom. The lowest BCUT2D eigenvalue weighted by atomic mass is 9.76. The summed E-state index contributed by atoms with van der Waals surface area (Å²) in [5, 5.41) is 10.2. The summed E-state index contributed by atoms with van der Waals surface area (Å²) in [5.41, 5.74) is 2.66. The van der Waals surface area contributed by atoms with Gasteiger partial charge >= 0.3 is 0 Å². The number of nitrogens with one attached hydrogen (secondary N) is 1. The number of aliphatic hydroxyl groups is 1. The molecule has 5 rings (SSSR count). The van der Waals surface area contributed by atoms with Crippen molar-refractivity contribution in [3.63, 3.8) is 0 Å². The van der Waals surface area contributed by atoms with Gasteiger partial charge in [0.1, 0.15) is 0 Å². The third kappa shape index (κ3) is 4.30. The Morgan fingerprint density at radius 1 is 1.11 bits per heavy atom. The van der Waals surface area contributed by atoms with E-state index in [1.807, 2.05) is 43.3 Å². The first-order chi connectivity index (χ1) is 18.4. The number of methoxy groups -OCH3 is 1. The standard InChI is InChI=1S/C30H37N3O5/c1-4-16-38-24-13-12-20(17-25(24)37-3)22-18-33-26(35)19-32(14-8-5-9-15-34)29(36)30(33,2)28-27(22)21-10-6-7-11-23(21)31-28/h6-7,10-13,17,22,31,34H,4-5,8-9,14-16,18-19H2,1-3H3. The Kier molecular flexibility index (Phi) is 7.34. The predicted molar refractivity (Wildman–Crippen MR) is 146 cm³/mol. The molecule has 38 heavy (non-hydrogen) atoms. The van der Waals surface area contributed by atoms with Crippen molar-refractivity contribution in [2.75, 3.05) is 40.0 Å². The van der Waals surface area contributed by atoms with Crippen molar-refractivity contribution in [1.29, 1.82) is 0 Å². The molecule has 0 radical (unpaired) electrons. The molecule has 0 spiro atoms. The van der Waals surface area contributed by atoms with Crippen LogP contribution in [-0.2, 0) is 15.1 Å². The molecule has 1 aromatic heterocycles. The van der Waals surface area contributed by atoms with E-state index in [4.69, 9.17) is 14.6 Å². The largest absolute Gasteiger partial charge is 0.493 e. The van der Waals surface area contributed by atoms with Crippen molar-refractivity contribution >= 4 is 22.7 Å². The number of para-hydroxylation sites is 1. The number of unbranched alkanes of at least 4 members (excludes halogenated alkanes) is 2. The van der Waals surface area contributed by atoms with Gasteiger partial charge in [-0.05, 0) is 61.9 Å². The second-order valence-electron chi connectivity index (χ2n) is 10.4. The van der Waals surface area contributed by atoms with E-state index in [-0.39, 0.29) is 30.9 Å². The molecule has 2 aromatic carbocycles. The molecule has 0 saturated carbocycles. The van der Waals surface area contributed by atoms with Gasteiger partial charge in [0.05, 0.1) is 26.0 Å². The zero-order chi connectivity index (χ0) is 26.9. The molecule has 2 amide bonds. The molecule has 0 aliphatic carbocycles. The topological polar surface area (TPSA) is 95.1 Å². The highest BCUT2D eigenvalue weighted by atomic mass is 16.5. The first-order valence-electron chi connectivity index (χ1n) is 13.6. The highest BCUT2D eigenvalue weighted by Crippen LogP contribution is 2.49. The van der Waals surface area contributed by atoms with E-state index in [0.717, 1.165) is 47.0 Å².